The van der Waals surface area contributed by atoms with Crippen molar-refractivity contribution in [2.24, 2.45) is 0 Å². The van der Waals surface area contributed by atoms with E-state index in [0.717, 1.165) is 18.5 Å². The molecule has 0 aliphatic heterocycles. The van der Waals surface area contributed by atoms with E-state index in [2.05, 4.69) is 12.2 Å². The minimum Gasteiger partial charge on any atom is -0.391 e. The van der Waals surface area contributed by atoms with Gasteiger partial charge in [-0.05, 0) is 19.4 Å². The zero-order valence-corrected chi connectivity index (χ0v) is 6.90. The van der Waals surface area contributed by atoms with Crippen LogP contribution >= 0.6 is 0 Å². The van der Waals surface area contributed by atoms with Gasteiger partial charge in [-0.1, -0.05) is 13.3 Å². The first-order chi connectivity index (χ1) is 4.70. The van der Waals surface area contributed by atoms with E-state index in [9.17, 15) is 4.79 Å². The quantitative estimate of drug-likeness (QED) is 0.601. The van der Waals surface area contributed by atoms with Crippen molar-refractivity contribution < 1.29 is 4.79 Å². The Morgan fingerprint density at radius 2 is 2.20 bits per heavy atom. The van der Waals surface area contributed by atoms with Gasteiger partial charge < -0.3 is 5.32 Å². The second-order valence-corrected chi connectivity index (χ2v) is 2.28. The lowest BCUT2D eigenvalue weighted by Crippen LogP contribution is -2.06. The van der Waals surface area contributed by atoms with E-state index in [1.54, 1.807) is 13.0 Å². The molecule has 0 atom stereocenters. The molecule has 0 amide bonds. The van der Waals surface area contributed by atoms with Gasteiger partial charge in [0.2, 0.25) is 0 Å². The van der Waals surface area contributed by atoms with Gasteiger partial charge in [-0.3, -0.25) is 4.79 Å². The molecule has 0 aliphatic rings. The van der Waals surface area contributed by atoms with Crippen LogP contribution < -0.4 is 5.32 Å². The Bertz CT molecular complexity index is 138. The fraction of sp³-hybridized carbons (Fsp3) is 0.625. The van der Waals surface area contributed by atoms with E-state index >= 15 is 0 Å². The Morgan fingerprint density at radius 1 is 1.60 bits per heavy atom. The zero-order valence-electron chi connectivity index (χ0n) is 6.90. The average Bonchev–Trinajstić information content (AvgIpc) is 1.86. The van der Waals surface area contributed by atoms with E-state index in [1.165, 1.54) is 0 Å². The lowest BCUT2D eigenvalue weighted by Gasteiger charge is -2.02. The van der Waals surface area contributed by atoms with Crippen LogP contribution in [-0.2, 0) is 4.79 Å². The lowest BCUT2D eigenvalue weighted by molar-refractivity contribution is -0.112. The van der Waals surface area contributed by atoms with Crippen molar-refractivity contribution in [3.8, 4) is 0 Å². The molecule has 2 heteroatoms. The second kappa shape index (κ2) is 5.03. The van der Waals surface area contributed by atoms with E-state index < -0.39 is 0 Å². The maximum Gasteiger partial charge on any atom is 0.154 e. The van der Waals surface area contributed by atoms with Crippen molar-refractivity contribution >= 4 is 5.78 Å². The highest BCUT2D eigenvalue weighted by atomic mass is 16.1. The highest BCUT2D eigenvalue weighted by Gasteiger charge is 1.92. The number of allylic oxidation sites excluding steroid dienone is 2. The molecule has 0 unspecified atom stereocenters. The Morgan fingerprint density at radius 3 is 2.50 bits per heavy atom. The Balaban J connectivity index is 3.91. The summed E-state index contributed by atoms with van der Waals surface area (Å²) in [6, 6.07) is 0. The molecule has 0 heterocycles. The van der Waals surface area contributed by atoms with Gasteiger partial charge in [0.1, 0.15) is 0 Å². The Kier molecular flexibility index (Phi) is 4.63. The van der Waals surface area contributed by atoms with E-state index in [4.69, 9.17) is 0 Å². The number of ketones is 1. The number of hydrogen-bond acceptors (Lipinski definition) is 2. The van der Waals surface area contributed by atoms with Gasteiger partial charge in [0.05, 0.1) is 0 Å². The predicted octanol–water partition coefficient (Wildman–Crippen LogP) is 1.48. The topological polar surface area (TPSA) is 29.1 Å². The molecule has 0 aliphatic carbocycles. The SMILES string of the molecule is CCCC(=CC(C)=O)NC. The normalized spacial score (nSPS) is 11.3. The van der Waals surface area contributed by atoms with Crippen LogP contribution in [0.25, 0.3) is 0 Å². The maximum absolute atomic E-state index is 10.6. The first kappa shape index (κ1) is 9.21. The third-order valence-electron chi connectivity index (χ3n) is 1.22. The van der Waals surface area contributed by atoms with Gasteiger partial charge in [0, 0.05) is 12.7 Å². The van der Waals surface area contributed by atoms with Crippen LogP contribution in [0.5, 0.6) is 0 Å². The van der Waals surface area contributed by atoms with Crippen LogP contribution in [0.4, 0.5) is 0 Å². The second-order valence-electron chi connectivity index (χ2n) is 2.28. The summed E-state index contributed by atoms with van der Waals surface area (Å²) in [6.45, 7) is 3.65. The molecule has 0 saturated heterocycles. The fourth-order valence-electron chi connectivity index (χ4n) is 0.784. The molecule has 0 aromatic rings. The van der Waals surface area contributed by atoms with Gasteiger partial charge in [-0.25, -0.2) is 0 Å². The van der Waals surface area contributed by atoms with Crippen molar-refractivity contribution in [3.05, 3.63) is 11.8 Å². The third kappa shape index (κ3) is 4.13. The van der Waals surface area contributed by atoms with Crippen LogP contribution in [0.2, 0.25) is 0 Å². The fourth-order valence-corrected chi connectivity index (χ4v) is 0.784. The predicted molar refractivity (Wildman–Crippen MR) is 42.7 cm³/mol. The van der Waals surface area contributed by atoms with Crippen LogP contribution in [0.15, 0.2) is 11.8 Å². The molecule has 0 bridgehead atoms. The monoisotopic (exact) mass is 141 g/mol. The van der Waals surface area contributed by atoms with Crippen molar-refractivity contribution in [1.82, 2.24) is 5.32 Å². The van der Waals surface area contributed by atoms with Gasteiger partial charge >= 0.3 is 0 Å². The highest BCUT2D eigenvalue weighted by molar-refractivity contribution is 5.87. The first-order valence-electron chi connectivity index (χ1n) is 3.59. The van der Waals surface area contributed by atoms with E-state index in [-0.39, 0.29) is 5.78 Å². The minimum atomic E-state index is 0.109. The lowest BCUT2D eigenvalue weighted by atomic mass is 10.2. The number of hydrogen-bond donors (Lipinski definition) is 1. The van der Waals surface area contributed by atoms with Gasteiger partial charge in [0.15, 0.2) is 5.78 Å². The molecule has 0 saturated carbocycles. The van der Waals surface area contributed by atoms with Crippen molar-refractivity contribution in [2.45, 2.75) is 26.7 Å². The smallest absolute Gasteiger partial charge is 0.154 e. The highest BCUT2D eigenvalue weighted by Crippen LogP contribution is 1.98. The number of nitrogens with one attached hydrogen (secondary N) is 1. The molecule has 0 aromatic carbocycles. The summed E-state index contributed by atoms with van der Waals surface area (Å²) in [5.41, 5.74) is 1.02. The van der Waals surface area contributed by atoms with Crippen LogP contribution in [0.3, 0.4) is 0 Å². The van der Waals surface area contributed by atoms with E-state index in [1.807, 2.05) is 7.05 Å². The summed E-state index contributed by atoms with van der Waals surface area (Å²) in [5.74, 6) is 0.109. The summed E-state index contributed by atoms with van der Waals surface area (Å²) >= 11 is 0. The van der Waals surface area contributed by atoms with Crippen molar-refractivity contribution in [1.29, 1.82) is 0 Å². The van der Waals surface area contributed by atoms with Crippen molar-refractivity contribution in [3.63, 3.8) is 0 Å². The molecule has 1 N–H and O–H groups in total. The molecule has 0 fully saturated rings. The molecule has 58 valence electrons. The first-order valence-corrected chi connectivity index (χ1v) is 3.59. The summed E-state index contributed by atoms with van der Waals surface area (Å²) in [4.78, 5) is 10.6. The largest absolute Gasteiger partial charge is 0.391 e. The average molecular weight is 141 g/mol. The standard InChI is InChI=1S/C8H15NO/c1-4-5-8(9-3)6-7(2)10/h6,9H,4-5H2,1-3H3. The van der Waals surface area contributed by atoms with Gasteiger partial charge in [-0.2, -0.15) is 0 Å². The molecular formula is C8H15NO. The Labute approximate surface area is 62.3 Å². The summed E-state index contributed by atoms with van der Waals surface area (Å²) < 4.78 is 0. The number of carbonyl (C=O) groups is 1. The van der Waals surface area contributed by atoms with Crippen LogP contribution in [-0.4, -0.2) is 12.8 Å². The molecule has 0 radical (unpaired) electrons. The third-order valence-corrected chi connectivity index (χ3v) is 1.22. The summed E-state index contributed by atoms with van der Waals surface area (Å²) in [6.07, 6.45) is 3.67. The molecule has 2 nitrogen and oxygen atoms in total. The van der Waals surface area contributed by atoms with Crippen LogP contribution in [0.1, 0.15) is 26.7 Å². The summed E-state index contributed by atoms with van der Waals surface area (Å²) in [7, 11) is 1.84. The van der Waals surface area contributed by atoms with Gasteiger partial charge in [0.25, 0.3) is 0 Å². The number of carbonyl (C=O) groups excluding carboxylic acids is 1. The molecule has 10 heavy (non-hydrogen) atoms. The van der Waals surface area contributed by atoms with E-state index in [0.29, 0.717) is 0 Å². The Hall–Kier alpha value is -0.790. The van der Waals surface area contributed by atoms with Gasteiger partial charge in [-0.15, -0.1) is 0 Å². The zero-order chi connectivity index (χ0) is 7.98. The molecule has 0 rings (SSSR count). The molecule has 0 aromatic heterocycles. The molecular weight excluding hydrogens is 126 g/mol. The number of rotatable bonds is 4. The minimum absolute atomic E-state index is 0.109. The molecule has 0 spiro atoms. The summed E-state index contributed by atoms with van der Waals surface area (Å²) in [5, 5.41) is 2.97. The van der Waals surface area contributed by atoms with Crippen molar-refractivity contribution in [2.75, 3.05) is 7.05 Å². The maximum atomic E-state index is 10.6. The van der Waals surface area contributed by atoms with Crippen LogP contribution in [0, 0.1) is 0 Å².